The van der Waals surface area contributed by atoms with E-state index in [9.17, 15) is 0 Å². The fourth-order valence-electron chi connectivity index (χ4n) is 3.81. The summed E-state index contributed by atoms with van der Waals surface area (Å²) >= 11 is 0. The number of hydrogen-bond acceptors (Lipinski definition) is 5. The van der Waals surface area contributed by atoms with Gasteiger partial charge in [0.1, 0.15) is 12.2 Å². The number of hydrogen-bond donors (Lipinski definition) is 0. The van der Waals surface area contributed by atoms with Gasteiger partial charge in [0.2, 0.25) is 0 Å². The molecule has 5 nitrogen and oxygen atoms in total. The van der Waals surface area contributed by atoms with E-state index in [2.05, 4.69) is 41.5 Å². The molecule has 0 aromatic carbocycles. The first-order valence-electron chi connectivity index (χ1n) is 14.3. The summed E-state index contributed by atoms with van der Waals surface area (Å²) in [5.74, 6) is 3.51. The van der Waals surface area contributed by atoms with E-state index in [-0.39, 0.29) is 36.6 Å². The first-order valence-corrected chi connectivity index (χ1v) is 14.3. The second kappa shape index (κ2) is 21.8. The molecule has 0 radical (unpaired) electrons. The number of rotatable bonds is 19. The second-order valence-corrected chi connectivity index (χ2v) is 12.2. The minimum Gasteiger partial charge on any atom is -0.376 e. The van der Waals surface area contributed by atoms with Gasteiger partial charge >= 0.3 is 0 Å². The van der Waals surface area contributed by atoms with Crippen LogP contribution in [0.5, 0.6) is 0 Å². The normalized spacial score (nSPS) is 14.2. The summed E-state index contributed by atoms with van der Waals surface area (Å²) in [5, 5.41) is 0. The lowest BCUT2D eigenvalue weighted by molar-refractivity contribution is -0.122. The highest BCUT2D eigenvalue weighted by Gasteiger charge is 2.17. The van der Waals surface area contributed by atoms with Crippen molar-refractivity contribution in [2.24, 2.45) is 23.7 Å². The Labute approximate surface area is 220 Å². The average Bonchev–Trinajstić information content (AvgIpc) is 2.68. The molecule has 0 spiro atoms. The van der Waals surface area contributed by atoms with Crippen molar-refractivity contribution >= 4 is 0 Å². The Morgan fingerprint density at radius 3 is 1.00 bits per heavy atom. The zero-order valence-electron chi connectivity index (χ0n) is 26.1. The van der Waals surface area contributed by atoms with E-state index in [1.807, 2.05) is 55.4 Å². The van der Waals surface area contributed by atoms with E-state index >= 15 is 0 Å². The van der Waals surface area contributed by atoms with Gasteiger partial charge in [0.05, 0.1) is 50.8 Å². The van der Waals surface area contributed by atoms with Crippen molar-refractivity contribution in [2.75, 3.05) is 26.4 Å². The Morgan fingerprint density at radius 2 is 0.771 bits per heavy atom. The Hall–Kier alpha value is -0.200. The van der Waals surface area contributed by atoms with Crippen molar-refractivity contribution in [3.8, 4) is 0 Å². The van der Waals surface area contributed by atoms with Gasteiger partial charge in [-0.15, -0.1) is 0 Å². The van der Waals surface area contributed by atoms with Gasteiger partial charge in [-0.05, 0) is 91.9 Å². The number of ether oxygens (including phenoxy) is 5. The highest BCUT2D eigenvalue weighted by atomic mass is 16.6. The summed E-state index contributed by atoms with van der Waals surface area (Å²) in [6, 6.07) is 0. The van der Waals surface area contributed by atoms with Crippen molar-refractivity contribution in [2.45, 2.75) is 146 Å². The molecular weight excluding hydrogens is 440 g/mol. The molecule has 0 N–H and O–H groups in total. The molecule has 0 aliphatic carbocycles. The molecule has 0 saturated heterocycles. The molecule has 0 aromatic heterocycles. The van der Waals surface area contributed by atoms with Gasteiger partial charge in [0.15, 0.2) is 0 Å². The lowest BCUT2D eigenvalue weighted by Crippen LogP contribution is -2.34. The molecule has 35 heavy (non-hydrogen) atoms. The zero-order valence-corrected chi connectivity index (χ0v) is 26.1. The second-order valence-electron chi connectivity index (χ2n) is 12.2. The van der Waals surface area contributed by atoms with Gasteiger partial charge < -0.3 is 23.7 Å². The molecular formula is C30H64O5. The topological polar surface area (TPSA) is 46.2 Å². The predicted octanol–water partition coefficient (Wildman–Crippen LogP) is 7.79. The van der Waals surface area contributed by atoms with Gasteiger partial charge in [-0.3, -0.25) is 0 Å². The zero-order chi connectivity index (χ0) is 27.6. The van der Waals surface area contributed by atoms with Crippen LogP contribution in [0.2, 0.25) is 0 Å². The van der Waals surface area contributed by atoms with Crippen molar-refractivity contribution in [1.82, 2.24) is 0 Å². The molecule has 2 atom stereocenters. The predicted molar refractivity (Wildman–Crippen MR) is 150 cm³/mol. The molecule has 0 heterocycles. The van der Waals surface area contributed by atoms with Crippen LogP contribution in [0.25, 0.3) is 0 Å². The first-order chi connectivity index (χ1) is 16.1. The van der Waals surface area contributed by atoms with Gasteiger partial charge in [0, 0.05) is 0 Å². The average molecular weight is 505 g/mol. The third-order valence-corrected chi connectivity index (χ3v) is 5.26. The van der Waals surface area contributed by atoms with Crippen LogP contribution in [0.15, 0.2) is 0 Å². The molecule has 0 rings (SSSR count). The molecule has 214 valence electrons. The maximum atomic E-state index is 5.84. The van der Waals surface area contributed by atoms with Gasteiger partial charge in [-0.1, -0.05) is 41.5 Å². The fraction of sp³-hybridized carbons (Fsp3) is 1.00. The third-order valence-electron chi connectivity index (χ3n) is 5.26. The van der Waals surface area contributed by atoms with Crippen LogP contribution in [0.1, 0.15) is 110 Å². The Morgan fingerprint density at radius 1 is 0.429 bits per heavy atom. The van der Waals surface area contributed by atoms with E-state index in [0.29, 0.717) is 26.4 Å². The molecule has 0 aliphatic heterocycles. The molecule has 5 heteroatoms. The van der Waals surface area contributed by atoms with E-state index in [0.717, 1.165) is 23.7 Å². The van der Waals surface area contributed by atoms with Crippen LogP contribution >= 0.6 is 0 Å². The van der Waals surface area contributed by atoms with Crippen LogP contribution in [0.3, 0.4) is 0 Å². The summed E-state index contributed by atoms with van der Waals surface area (Å²) in [5.41, 5.74) is 0. The first kappa shape index (κ1) is 37.0. The largest absolute Gasteiger partial charge is 0.376 e. The smallest absolute Gasteiger partial charge is 0.104 e. The van der Waals surface area contributed by atoms with Crippen LogP contribution in [0.4, 0.5) is 0 Å². The van der Waals surface area contributed by atoms with Crippen LogP contribution in [0, 0.1) is 23.7 Å². The standard InChI is InChI=1S/C18H38O5.C12H26/c1-13(2)20-11-17(22-15(5)6)9-19-10-18(23-16(7)8)12-21-14(3)4;1-9(2)7-12(11(5)6)8-10(3)4/h13-18H,9-12H2,1-8H3;9-12H,7-8H2,1-6H3. The van der Waals surface area contributed by atoms with Crippen LogP contribution in [-0.4, -0.2) is 63.1 Å². The van der Waals surface area contributed by atoms with Crippen LogP contribution < -0.4 is 0 Å². The lowest BCUT2D eigenvalue weighted by atomic mass is 9.82. The summed E-state index contributed by atoms with van der Waals surface area (Å²) in [6.07, 6.45) is 3.32. The lowest BCUT2D eigenvalue weighted by Gasteiger charge is -2.25. The summed E-state index contributed by atoms with van der Waals surface area (Å²) in [6.45, 7) is 32.2. The summed E-state index contributed by atoms with van der Waals surface area (Å²) in [4.78, 5) is 0. The van der Waals surface area contributed by atoms with Gasteiger partial charge in [-0.25, -0.2) is 0 Å². The van der Waals surface area contributed by atoms with Crippen molar-refractivity contribution in [3.05, 3.63) is 0 Å². The highest BCUT2D eigenvalue weighted by molar-refractivity contribution is 4.67. The summed E-state index contributed by atoms with van der Waals surface area (Å²) < 4.78 is 28.8. The third kappa shape index (κ3) is 26.7. The quantitative estimate of drug-likeness (QED) is 0.180. The summed E-state index contributed by atoms with van der Waals surface area (Å²) in [7, 11) is 0. The molecule has 0 aliphatic rings. The van der Waals surface area contributed by atoms with Gasteiger partial charge in [0.25, 0.3) is 0 Å². The maximum absolute atomic E-state index is 5.84. The SMILES string of the molecule is CC(C)CC(CC(C)C)C(C)C.CC(C)OCC(COCC(COC(C)C)OC(C)C)OC(C)C. The minimum atomic E-state index is -0.0666. The molecule has 0 fully saturated rings. The van der Waals surface area contributed by atoms with Gasteiger partial charge in [-0.2, -0.15) is 0 Å². The van der Waals surface area contributed by atoms with E-state index < -0.39 is 0 Å². The van der Waals surface area contributed by atoms with Crippen LogP contribution in [-0.2, 0) is 23.7 Å². The Balaban J connectivity index is 0. The minimum absolute atomic E-state index is 0.0666. The molecule has 0 bridgehead atoms. The maximum Gasteiger partial charge on any atom is 0.104 e. The highest BCUT2D eigenvalue weighted by Crippen LogP contribution is 2.26. The van der Waals surface area contributed by atoms with Crippen molar-refractivity contribution in [3.63, 3.8) is 0 Å². The van der Waals surface area contributed by atoms with Crippen molar-refractivity contribution < 1.29 is 23.7 Å². The molecule has 2 unspecified atom stereocenters. The molecule has 0 saturated carbocycles. The molecule has 0 amide bonds. The van der Waals surface area contributed by atoms with E-state index in [1.165, 1.54) is 12.8 Å². The molecule has 0 aromatic rings. The fourth-order valence-corrected chi connectivity index (χ4v) is 3.81. The van der Waals surface area contributed by atoms with E-state index in [4.69, 9.17) is 23.7 Å². The monoisotopic (exact) mass is 504 g/mol. The Bertz CT molecular complexity index is 410. The van der Waals surface area contributed by atoms with Crippen molar-refractivity contribution in [1.29, 1.82) is 0 Å². The Kier molecular flexibility index (Phi) is 23.1. The van der Waals surface area contributed by atoms with E-state index in [1.54, 1.807) is 0 Å².